The van der Waals surface area contributed by atoms with Crippen molar-refractivity contribution in [3.8, 4) is 5.75 Å². The maximum atomic E-state index is 13.2. The summed E-state index contributed by atoms with van der Waals surface area (Å²) < 4.78 is 5.97. The molecule has 0 aliphatic carbocycles. The summed E-state index contributed by atoms with van der Waals surface area (Å²) in [5, 5.41) is 6.81. The van der Waals surface area contributed by atoms with Gasteiger partial charge in [-0.15, -0.1) is 0 Å². The Kier molecular flexibility index (Phi) is 5.38. The number of allylic oxidation sites excluding steroid dienone is 1. The first-order valence-electron chi connectivity index (χ1n) is 8.61. The highest BCUT2D eigenvalue weighted by Gasteiger charge is 2.32. The van der Waals surface area contributed by atoms with Crippen LogP contribution in [0, 0.1) is 0 Å². The molecule has 5 heteroatoms. The summed E-state index contributed by atoms with van der Waals surface area (Å²) in [5.41, 5.74) is 2.94. The van der Waals surface area contributed by atoms with Crippen LogP contribution in [0.4, 0.5) is 0 Å². The molecule has 0 radical (unpaired) electrons. The summed E-state index contributed by atoms with van der Waals surface area (Å²) in [7, 11) is 0. The molecule has 1 heterocycles. The SMILES string of the molecule is CC1=C(C(=O)c2ccccc2)[C@@H](c2ccccc2OC(C)C)NC(=S)N1. The predicted octanol–water partition coefficient (Wildman–Crippen LogP) is 4.15. The molecule has 0 amide bonds. The van der Waals surface area contributed by atoms with E-state index in [1.807, 2.05) is 75.4 Å². The quantitative estimate of drug-likeness (QED) is 0.615. The molecule has 0 bridgehead atoms. The van der Waals surface area contributed by atoms with Crippen LogP contribution in [0.2, 0.25) is 0 Å². The molecule has 3 rings (SSSR count). The van der Waals surface area contributed by atoms with Crippen molar-refractivity contribution in [2.45, 2.75) is 32.9 Å². The van der Waals surface area contributed by atoms with Gasteiger partial charge in [0.05, 0.1) is 12.1 Å². The Morgan fingerprint density at radius 1 is 1.08 bits per heavy atom. The van der Waals surface area contributed by atoms with Crippen LogP contribution in [-0.2, 0) is 0 Å². The van der Waals surface area contributed by atoms with Crippen LogP contribution in [0.15, 0.2) is 65.9 Å². The molecule has 4 nitrogen and oxygen atoms in total. The zero-order valence-corrected chi connectivity index (χ0v) is 15.9. The number of nitrogens with one attached hydrogen (secondary N) is 2. The number of rotatable bonds is 5. The number of hydrogen-bond acceptors (Lipinski definition) is 3. The van der Waals surface area contributed by atoms with Gasteiger partial charge in [0.2, 0.25) is 0 Å². The van der Waals surface area contributed by atoms with Crippen LogP contribution < -0.4 is 15.4 Å². The molecule has 1 atom stereocenters. The van der Waals surface area contributed by atoms with E-state index in [2.05, 4.69) is 10.6 Å². The lowest BCUT2D eigenvalue weighted by Gasteiger charge is -2.31. The van der Waals surface area contributed by atoms with Gasteiger partial charge in [-0.3, -0.25) is 4.79 Å². The fraction of sp³-hybridized carbons (Fsp3) is 0.238. The van der Waals surface area contributed by atoms with Gasteiger partial charge in [-0.1, -0.05) is 48.5 Å². The minimum absolute atomic E-state index is 0.0307. The Balaban J connectivity index is 2.09. The van der Waals surface area contributed by atoms with Crippen LogP contribution >= 0.6 is 12.2 Å². The monoisotopic (exact) mass is 366 g/mol. The Labute approximate surface area is 159 Å². The minimum Gasteiger partial charge on any atom is -0.491 e. The summed E-state index contributed by atoms with van der Waals surface area (Å²) in [5.74, 6) is 0.714. The number of carbonyl (C=O) groups is 1. The van der Waals surface area contributed by atoms with Gasteiger partial charge < -0.3 is 15.4 Å². The molecule has 2 aromatic carbocycles. The zero-order valence-electron chi connectivity index (χ0n) is 15.1. The van der Waals surface area contributed by atoms with Crippen LogP contribution in [0.3, 0.4) is 0 Å². The van der Waals surface area contributed by atoms with E-state index >= 15 is 0 Å². The van der Waals surface area contributed by atoms with Gasteiger partial charge in [-0.05, 0) is 39.1 Å². The Hall–Kier alpha value is -2.66. The van der Waals surface area contributed by atoms with Crippen LogP contribution in [0.1, 0.15) is 42.7 Å². The van der Waals surface area contributed by atoms with Crippen LogP contribution in [-0.4, -0.2) is 17.0 Å². The molecule has 1 aliphatic heterocycles. The molecule has 0 fully saturated rings. The maximum absolute atomic E-state index is 13.2. The normalized spacial score (nSPS) is 16.9. The summed E-state index contributed by atoms with van der Waals surface area (Å²) in [6.45, 7) is 5.84. The van der Waals surface area contributed by atoms with E-state index in [1.165, 1.54) is 0 Å². The number of para-hydroxylation sites is 1. The number of benzene rings is 2. The Morgan fingerprint density at radius 2 is 1.73 bits per heavy atom. The molecule has 2 aromatic rings. The van der Waals surface area contributed by atoms with Crippen LogP contribution in [0.25, 0.3) is 0 Å². The lowest BCUT2D eigenvalue weighted by Crippen LogP contribution is -2.45. The van der Waals surface area contributed by atoms with E-state index in [9.17, 15) is 4.79 Å². The summed E-state index contributed by atoms with van der Waals surface area (Å²) in [4.78, 5) is 13.2. The number of Topliss-reactive ketones (excluding diaryl/α,β-unsaturated/α-hetero) is 1. The predicted molar refractivity (Wildman–Crippen MR) is 107 cm³/mol. The molecular weight excluding hydrogens is 344 g/mol. The lowest BCUT2D eigenvalue weighted by atomic mass is 9.89. The molecule has 0 unspecified atom stereocenters. The van der Waals surface area contributed by atoms with Gasteiger partial charge in [0.15, 0.2) is 10.9 Å². The first kappa shape index (κ1) is 18.1. The highest BCUT2D eigenvalue weighted by Crippen LogP contribution is 2.35. The topological polar surface area (TPSA) is 50.4 Å². The highest BCUT2D eigenvalue weighted by atomic mass is 32.1. The molecule has 0 spiro atoms. The summed E-state index contributed by atoms with van der Waals surface area (Å²) in [6, 6.07) is 16.7. The average Bonchev–Trinajstić information content (AvgIpc) is 2.61. The van der Waals surface area contributed by atoms with E-state index in [4.69, 9.17) is 17.0 Å². The first-order chi connectivity index (χ1) is 12.5. The van der Waals surface area contributed by atoms with Crippen molar-refractivity contribution in [1.82, 2.24) is 10.6 Å². The molecule has 0 aromatic heterocycles. The summed E-state index contributed by atoms with van der Waals surface area (Å²) >= 11 is 5.34. The largest absolute Gasteiger partial charge is 0.491 e. The standard InChI is InChI=1S/C21H22N2O2S/c1-13(2)25-17-12-8-7-11-16(17)19-18(14(3)22-21(26)23-19)20(24)15-9-5-4-6-10-15/h4-13,19H,1-3H3,(H2,22,23,26)/t19-/m1/s1. The van der Waals surface area contributed by atoms with Gasteiger partial charge in [-0.2, -0.15) is 0 Å². The molecule has 2 N–H and O–H groups in total. The molecular formula is C21H22N2O2S. The Morgan fingerprint density at radius 3 is 2.42 bits per heavy atom. The van der Waals surface area contributed by atoms with Crippen molar-refractivity contribution in [3.63, 3.8) is 0 Å². The van der Waals surface area contributed by atoms with E-state index in [-0.39, 0.29) is 17.9 Å². The molecule has 26 heavy (non-hydrogen) atoms. The third-order valence-electron chi connectivity index (χ3n) is 4.14. The van der Waals surface area contributed by atoms with E-state index in [0.717, 1.165) is 17.0 Å². The average molecular weight is 366 g/mol. The second-order valence-corrected chi connectivity index (χ2v) is 6.88. The van der Waals surface area contributed by atoms with Gasteiger partial charge >= 0.3 is 0 Å². The smallest absolute Gasteiger partial charge is 0.193 e. The molecule has 134 valence electrons. The van der Waals surface area contributed by atoms with E-state index in [0.29, 0.717) is 16.2 Å². The van der Waals surface area contributed by atoms with Crippen molar-refractivity contribution in [2.75, 3.05) is 0 Å². The highest BCUT2D eigenvalue weighted by molar-refractivity contribution is 7.80. The van der Waals surface area contributed by atoms with Crippen molar-refractivity contribution in [3.05, 3.63) is 77.0 Å². The van der Waals surface area contributed by atoms with E-state index < -0.39 is 0 Å². The molecule has 0 saturated heterocycles. The third kappa shape index (κ3) is 3.78. The summed E-state index contributed by atoms with van der Waals surface area (Å²) in [6.07, 6.45) is 0.0307. The van der Waals surface area contributed by atoms with E-state index in [1.54, 1.807) is 0 Å². The van der Waals surface area contributed by atoms with Crippen molar-refractivity contribution >= 4 is 23.1 Å². The third-order valence-corrected chi connectivity index (χ3v) is 4.36. The van der Waals surface area contributed by atoms with Crippen LogP contribution in [0.5, 0.6) is 5.75 Å². The van der Waals surface area contributed by atoms with Gasteiger partial charge in [-0.25, -0.2) is 0 Å². The van der Waals surface area contributed by atoms with Gasteiger partial charge in [0, 0.05) is 22.4 Å². The second kappa shape index (κ2) is 7.70. The van der Waals surface area contributed by atoms with Crippen molar-refractivity contribution < 1.29 is 9.53 Å². The number of hydrogen-bond donors (Lipinski definition) is 2. The fourth-order valence-electron chi connectivity index (χ4n) is 3.05. The molecule has 1 aliphatic rings. The van der Waals surface area contributed by atoms with Gasteiger partial charge in [0.1, 0.15) is 5.75 Å². The minimum atomic E-state index is -0.369. The maximum Gasteiger partial charge on any atom is 0.193 e. The van der Waals surface area contributed by atoms with Crippen molar-refractivity contribution in [1.29, 1.82) is 0 Å². The lowest BCUT2D eigenvalue weighted by molar-refractivity contribution is 0.102. The zero-order chi connectivity index (χ0) is 18.7. The number of thiocarbonyl (C=S) groups is 1. The fourth-order valence-corrected chi connectivity index (χ4v) is 3.32. The molecule has 0 saturated carbocycles. The number of carbonyl (C=O) groups excluding carboxylic acids is 1. The Bertz CT molecular complexity index is 859. The second-order valence-electron chi connectivity index (χ2n) is 6.47. The number of ketones is 1. The first-order valence-corrected chi connectivity index (χ1v) is 9.02. The van der Waals surface area contributed by atoms with Gasteiger partial charge in [0.25, 0.3) is 0 Å². The van der Waals surface area contributed by atoms with Crippen molar-refractivity contribution in [2.24, 2.45) is 0 Å². The number of ether oxygens (including phenoxy) is 1.